The summed E-state index contributed by atoms with van der Waals surface area (Å²) >= 11 is 0. The van der Waals surface area contributed by atoms with Crippen LogP contribution in [0.3, 0.4) is 0 Å². The highest BCUT2D eigenvalue weighted by Gasteiger charge is 2.59. The Morgan fingerprint density at radius 1 is 1.00 bits per heavy atom. The third-order valence-electron chi connectivity index (χ3n) is 11.3. The first-order chi connectivity index (χ1) is 14.2. The third kappa shape index (κ3) is 3.74. The summed E-state index contributed by atoms with van der Waals surface area (Å²) in [7, 11) is 0. The van der Waals surface area contributed by atoms with Gasteiger partial charge in [0.05, 0.1) is 6.10 Å². The first-order valence-corrected chi connectivity index (χ1v) is 13.6. The summed E-state index contributed by atoms with van der Waals surface area (Å²) in [5.41, 5.74) is 2.59. The van der Waals surface area contributed by atoms with Crippen molar-refractivity contribution in [1.29, 1.82) is 0 Å². The van der Waals surface area contributed by atoms with Crippen LogP contribution in [-0.2, 0) is 0 Å². The van der Waals surface area contributed by atoms with Crippen LogP contribution in [0.25, 0.3) is 0 Å². The van der Waals surface area contributed by atoms with Gasteiger partial charge in [-0.15, -0.1) is 0 Å². The van der Waals surface area contributed by atoms with Gasteiger partial charge in [-0.05, 0) is 110 Å². The number of hydrogen-bond donors (Lipinski definition) is 1. The molecule has 0 aromatic rings. The van der Waals surface area contributed by atoms with Crippen molar-refractivity contribution in [1.82, 2.24) is 0 Å². The van der Waals surface area contributed by atoms with Gasteiger partial charge < -0.3 is 5.11 Å². The largest absolute Gasteiger partial charge is 0.393 e. The van der Waals surface area contributed by atoms with E-state index < -0.39 is 0 Å². The van der Waals surface area contributed by atoms with Gasteiger partial charge in [0.25, 0.3) is 0 Å². The van der Waals surface area contributed by atoms with Crippen molar-refractivity contribution in [2.75, 3.05) is 0 Å². The maximum absolute atomic E-state index is 10.2. The van der Waals surface area contributed by atoms with Gasteiger partial charge in [0.15, 0.2) is 0 Å². The molecule has 3 fully saturated rings. The van der Waals surface area contributed by atoms with Gasteiger partial charge in [-0.25, -0.2) is 0 Å². The molecule has 0 bridgehead atoms. The maximum atomic E-state index is 10.2. The molecule has 0 unspecified atom stereocenters. The minimum Gasteiger partial charge on any atom is -0.393 e. The van der Waals surface area contributed by atoms with E-state index in [-0.39, 0.29) is 6.10 Å². The van der Waals surface area contributed by atoms with Crippen molar-refractivity contribution in [3.63, 3.8) is 0 Å². The van der Waals surface area contributed by atoms with E-state index in [0.717, 1.165) is 54.3 Å². The molecule has 0 aromatic carbocycles. The van der Waals surface area contributed by atoms with Crippen molar-refractivity contribution < 1.29 is 5.11 Å². The Hall–Kier alpha value is -0.300. The average molecular weight is 415 g/mol. The molecule has 0 amide bonds. The molecule has 30 heavy (non-hydrogen) atoms. The monoisotopic (exact) mass is 414 g/mol. The highest BCUT2D eigenvalue weighted by atomic mass is 16.3. The Labute approximate surface area is 187 Å². The lowest BCUT2D eigenvalue weighted by Crippen LogP contribution is -2.50. The van der Waals surface area contributed by atoms with Gasteiger partial charge in [-0.2, -0.15) is 0 Å². The van der Waals surface area contributed by atoms with Crippen LogP contribution in [0.1, 0.15) is 112 Å². The van der Waals surface area contributed by atoms with E-state index in [4.69, 9.17) is 0 Å². The lowest BCUT2D eigenvalue weighted by Gasteiger charge is -2.58. The van der Waals surface area contributed by atoms with Crippen LogP contribution < -0.4 is 0 Å². The molecule has 4 aliphatic rings. The highest BCUT2D eigenvalue weighted by molar-refractivity contribution is 5.25. The van der Waals surface area contributed by atoms with Crippen LogP contribution in [0, 0.1) is 52.3 Å². The lowest BCUT2D eigenvalue weighted by atomic mass is 9.47. The molecule has 3 saturated carbocycles. The van der Waals surface area contributed by atoms with Crippen molar-refractivity contribution in [3.8, 4) is 0 Å². The van der Waals surface area contributed by atoms with Crippen molar-refractivity contribution >= 4 is 0 Å². The number of aliphatic hydroxyl groups excluding tert-OH is 1. The lowest BCUT2D eigenvalue weighted by molar-refractivity contribution is -0.0575. The van der Waals surface area contributed by atoms with Crippen LogP contribution in [0.5, 0.6) is 0 Å². The normalized spacial score (nSPS) is 45.3. The molecule has 0 heterocycles. The minimum absolute atomic E-state index is 0.0794. The van der Waals surface area contributed by atoms with Gasteiger partial charge in [-0.3, -0.25) is 0 Å². The molecular formula is C29H50O. The number of hydrogen-bond acceptors (Lipinski definition) is 1. The van der Waals surface area contributed by atoms with Crippen LogP contribution >= 0.6 is 0 Å². The SMILES string of the molecule is CC[C@@H](CC[C@@H](C)[C@@H]1CC[C@H]2[C@@H]3CC=C4C[C@@H](O)CC[C@]4(C)[C@H]3CC[C@@]21C)C(C)C. The van der Waals surface area contributed by atoms with Gasteiger partial charge in [-0.1, -0.05) is 66.0 Å². The topological polar surface area (TPSA) is 20.2 Å². The molecule has 0 aromatic heterocycles. The van der Waals surface area contributed by atoms with Crippen LogP contribution in [0.15, 0.2) is 11.6 Å². The van der Waals surface area contributed by atoms with Gasteiger partial charge in [0.2, 0.25) is 0 Å². The van der Waals surface area contributed by atoms with Gasteiger partial charge in [0.1, 0.15) is 0 Å². The predicted octanol–water partition coefficient (Wildman–Crippen LogP) is 8.02. The quantitative estimate of drug-likeness (QED) is 0.436. The second-order valence-corrected chi connectivity index (χ2v) is 12.9. The first-order valence-electron chi connectivity index (χ1n) is 13.6. The Morgan fingerprint density at radius 3 is 2.47 bits per heavy atom. The van der Waals surface area contributed by atoms with E-state index in [0.29, 0.717) is 10.8 Å². The van der Waals surface area contributed by atoms with Gasteiger partial charge >= 0.3 is 0 Å². The Balaban J connectivity index is 1.47. The maximum Gasteiger partial charge on any atom is 0.0577 e. The van der Waals surface area contributed by atoms with E-state index in [1.807, 2.05) is 0 Å². The number of rotatable bonds is 6. The highest BCUT2D eigenvalue weighted by Crippen LogP contribution is 2.67. The Kier molecular flexibility index (Phi) is 6.53. The predicted molar refractivity (Wildman–Crippen MR) is 128 cm³/mol. The summed E-state index contributed by atoms with van der Waals surface area (Å²) in [6.07, 6.45) is 17.1. The molecule has 0 saturated heterocycles. The molecule has 1 N–H and O–H groups in total. The van der Waals surface area contributed by atoms with E-state index in [9.17, 15) is 5.11 Å². The molecule has 4 aliphatic carbocycles. The Bertz CT molecular complexity index is 634. The number of fused-ring (bicyclic) bond motifs is 5. The minimum atomic E-state index is -0.0794. The summed E-state index contributed by atoms with van der Waals surface area (Å²) in [6.45, 7) is 15.1. The summed E-state index contributed by atoms with van der Waals surface area (Å²) < 4.78 is 0. The standard InChI is InChI=1S/C29H50O/c1-7-21(19(2)3)9-8-20(4)25-12-13-26-24-11-10-22-18-23(30)14-16-28(22,5)27(24)15-17-29(25,26)6/h10,19-21,23-27,30H,7-9,11-18H2,1-6H3/t20-,21+,23+,24+,25+,26+,27+,28+,29-/m1/s1. The number of allylic oxidation sites excluding steroid dienone is 1. The van der Waals surface area contributed by atoms with Crippen LogP contribution in [-0.4, -0.2) is 11.2 Å². The number of aliphatic hydroxyl groups is 1. The Morgan fingerprint density at radius 2 is 1.77 bits per heavy atom. The molecule has 0 aliphatic heterocycles. The summed E-state index contributed by atoms with van der Waals surface area (Å²) in [4.78, 5) is 0. The molecular weight excluding hydrogens is 364 g/mol. The van der Waals surface area contributed by atoms with E-state index in [1.165, 1.54) is 57.8 Å². The fraction of sp³-hybridized carbons (Fsp3) is 0.931. The molecule has 1 heteroatoms. The molecule has 0 radical (unpaired) electrons. The molecule has 9 atom stereocenters. The zero-order chi connectivity index (χ0) is 21.7. The fourth-order valence-corrected chi connectivity index (χ4v) is 9.30. The van der Waals surface area contributed by atoms with E-state index in [2.05, 4.69) is 47.6 Å². The zero-order valence-corrected chi connectivity index (χ0v) is 20.9. The first kappa shape index (κ1) is 22.9. The van der Waals surface area contributed by atoms with Crippen molar-refractivity contribution in [2.24, 2.45) is 52.3 Å². The van der Waals surface area contributed by atoms with Crippen molar-refractivity contribution in [3.05, 3.63) is 11.6 Å². The second kappa shape index (κ2) is 8.57. The fourth-order valence-electron chi connectivity index (χ4n) is 9.30. The summed E-state index contributed by atoms with van der Waals surface area (Å²) in [5.74, 6) is 6.31. The zero-order valence-electron chi connectivity index (χ0n) is 20.9. The molecule has 1 nitrogen and oxygen atoms in total. The summed E-state index contributed by atoms with van der Waals surface area (Å²) in [5, 5.41) is 10.2. The van der Waals surface area contributed by atoms with E-state index >= 15 is 0 Å². The average Bonchev–Trinajstić information content (AvgIpc) is 3.06. The van der Waals surface area contributed by atoms with Crippen molar-refractivity contribution in [2.45, 2.75) is 118 Å². The van der Waals surface area contributed by atoms with E-state index in [1.54, 1.807) is 5.57 Å². The summed E-state index contributed by atoms with van der Waals surface area (Å²) in [6, 6.07) is 0. The van der Waals surface area contributed by atoms with Gasteiger partial charge in [0, 0.05) is 0 Å². The molecule has 0 spiro atoms. The molecule has 172 valence electrons. The smallest absolute Gasteiger partial charge is 0.0577 e. The van der Waals surface area contributed by atoms with Crippen LogP contribution in [0.4, 0.5) is 0 Å². The second-order valence-electron chi connectivity index (χ2n) is 12.9. The van der Waals surface area contributed by atoms with Crippen LogP contribution in [0.2, 0.25) is 0 Å². The molecule has 4 rings (SSSR count). The third-order valence-corrected chi connectivity index (χ3v) is 11.3.